The molecular weight excluding hydrogens is 240 g/mol. The fourth-order valence-electron chi connectivity index (χ4n) is 0.919. The molecule has 0 aromatic heterocycles. The van der Waals surface area contributed by atoms with Crippen molar-refractivity contribution in [3.8, 4) is 0 Å². The molecule has 7 N–H and O–H groups in total. The van der Waals surface area contributed by atoms with Gasteiger partial charge in [-0.3, -0.25) is 15.6 Å². The van der Waals surface area contributed by atoms with E-state index in [1.807, 2.05) is 6.07 Å². The molecule has 17 heavy (non-hydrogen) atoms. The number of nitrogens with two attached hydrogens (primary N) is 2. The molecule has 0 unspecified atom stereocenters. The van der Waals surface area contributed by atoms with Crippen molar-refractivity contribution in [3.63, 3.8) is 0 Å². The minimum absolute atomic E-state index is 0.0116. The highest BCUT2D eigenvalue weighted by Crippen LogP contribution is 1.97. The van der Waals surface area contributed by atoms with Gasteiger partial charge in [-0.15, -0.1) is 5.10 Å². The van der Waals surface area contributed by atoms with Crippen molar-refractivity contribution in [2.24, 2.45) is 16.6 Å². The van der Waals surface area contributed by atoms with Crippen LogP contribution in [0.25, 0.3) is 0 Å². The molecule has 0 saturated carbocycles. The zero-order valence-electron chi connectivity index (χ0n) is 8.81. The highest BCUT2D eigenvalue weighted by Gasteiger charge is 2.02. The van der Waals surface area contributed by atoms with Crippen LogP contribution < -0.4 is 27.7 Å². The molecule has 0 atom stereocenters. The van der Waals surface area contributed by atoms with Crippen LogP contribution in [0.5, 0.6) is 0 Å². The lowest BCUT2D eigenvalue weighted by Crippen LogP contribution is -2.48. The van der Waals surface area contributed by atoms with Gasteiger partial charge in [0, 0.05) is 5.56 Å². The summed E-state index contributed by atoms with van der Waals surface area (Å²) in [4.78, 5) is 11.5. The van der Waals surface area contributed by atoms with E-state index in [-0.39, 0.29) is 17.0 Å². The van der Waals surface area contributed by atoms with Crippen LogP contribution in [0, 0.1) is 0 Å². The molecular formula is C9H12N6OS. The molecule has 7 nitrogen and oxygen atoms in total. The predicted octanol–water partition coefficient (Wildman–Crippen LogP) is -1.02. The molecule has 8 heteroatoms. The van der Waals surface area contributed by atoms with Gasteiger partial charge in [-0.25, -0.2) is 5.43 Å². The Morgan fingerprint density at radius 3 is 2.41 bits per heavy atom. The van der Waals surface area contributed by atoms with E-state index in [0.29, 0.717) is 5.56 Å². The van der Waals surface area contributed by atoms with Crippen LogP contribution >= 0.6 is 12.2 Å². The lowest BCUT2D eigenvalue weighted by molar-refractivity contribution is 0.0954. The van der Waals surface area contributed by atoms with E-state index in [4.69, 9.17) is 11.5 Å². The minimum atomic E-state index is -0.370. The number of hydrogen-bond acceptors (Lipinski definition) is 3. The maximum atomic E-state index is 11.5. The van der Waals surface area contributed by atoms with Gasteiger partial charge in [0.25, 0.3) is 5.91 Å². The van der Waals surface area contributed by atoms with Gasteiger partial charge < -0.3 is 11.5 Å². The van der Waals surface area contributed by atoms with Gasteiger partial charge in [0.2, 0.25) is 5.96 Å². The van der Waals surface area contributed by atoms with Crippen molar-refractivity contribution in [1.29, 1.82) is 0 Å². The first-order chi connectivity index (χ1) is 8.09. The third-order valence-corrected chi connectivity index (χ3v) is 1.73. The molecule has 0 heterocycles. The van der Waals surface area contributed by atoms with Crippen molar-refractivity contribution in [3.05, 3.63) is 35.9 Å². The standard InChI is InChI=1S/C9H12N6OS/c10-8(14-15-9(11)17)13-12-7(16)6-4-2-1-3-5-6/h1-5H,(H,12,16)(H3,10,13,14)(H3,11,15,17). The van der Waals surface area contributed by atoms with E-state index in [9.17, 15) is 4.79 Å². The molecule has 0 saturated heterocycles. The average Bonchev–Trinajstić information content (AvgIpc) is 2.34. The van der Waals surface area contributed by atoms with Crippen LogP contribution in [0.1, 0.15) is 10.4 Å². The zero-order valence-corrected chi connectivity index (χ0v) is 9.62. The van der Waals surface area contributed by atoms with Crippen LogP contribution in [0.2, 0.25) is 0 Å². The highest BCUT2D eigenvalue weighted by atomic mass is 32.1. The molecule has 1 aromatic carbocycles. The Morgan fingerprint density at radius 1 is 1.18 bits per heavy atom. The van der Waals surface area contributed by atoms with Crippen LogP contribution in [0.15, 0.2) is 35.4 Å². The highest BCUT2D eigenvalue weighted by molar-refractivity contribution is 7.80. The van der Waals surface area contributed by atoms with Crippen molar-refractivity contribution < 1.29 is 4.79 Å². The molecule has 0 aliphatic heterocycles. The quantitative estimate of drug-likeness (QED) is 0.199. The summed E-state index contributed by atoms with van der Waals surface area (Å²) in [5, 5.41) is 3.59. The molecule has 0 bridgehead atoms. The fourth-order valence-corrected chi connectivity index (χ4v) is 0.970. The first kappa shape index (κ1) is 12.7. The maximum absolute atomic E-state index is 11.5. The van der Waals surface area contributed by atoms with Crippen LogP contribution in [0.3, 0.4) is 0 Å². The third-order valence-electron chi connectivity index (χ3n) is 1.63. The van der Waals surface area contributed by atoms with E-state index in [1.54, 1.807) is 24.3 Å². The molecule has 0 spiro atoms. The number of amides is 1. The average molecular weight is 252 g/mol. The van der Waals surface area contributed by atoms with Crippen molar-refractivity contribution in [2.75, 3.05) is 0 Å². The maximum Gasteiger partial charge on any atom is 0.271 e. The number of thiocarbonyl (C=S) groups is 1. The first-order valence-electron chi connectivity index (χ1n) is 4.59. The number of guanidine groups is 1. The Balaban J connectivity index is 2.47. The van der Waals surface area contributed by atoms with Gasteiger partial charge in [0.05, 0.1) is 0 Å². The number of benzene rings is 1. The topological polar surface area (TPSA) is 118 Å². The summed E-state index contributed by atoms with van der Waals surface area (Å²) in [6.07, 6.45) is 0. The van der Waals surface area contributed by atoms with E-state index >= 15 is 0 Å². The summed E-state index contributed by atoms with van der Waals surface area (Å²) in [5.74, 6) is -0.437. The Hall–Kier alpha value is -2.35. The van der Waals surface area contributed by atoms with E-state index in [1.165, 1.54) is 0 Å². The van der Waals surface area contributed by atoms with Gasteiger partial charge in [-0.05, 0) is 24.4 Å². The summed E-state index contributed by atoms with van der Waals surface area (Å²) >= 11 is 4.53. The van der Waals surface area contributed by atoms with Gasteiger partial charge >= 0.3 is 0 Å². The summed E-state index contributed by atoms with van der Waals surface area (Å²) < 4.78 is 0. The fraction of sp³-hybridized carbons (Fsp3) is 0. The second-order valence-electron chi connectivity index (χ2n) is 2.92. The molecule has 0 aliphatic rings. The number of hydrazone groups is 1. The number of carbonyl (C=O) groups excluding carboxylic acids is 1. The smallest absolute Gasteiger partial charge is 0.271 e. The monoisotopic (exact) mass is 252 g/mol. The number of hydrazine groups is 1. The second kappa shape index (κ2) is 6.28. The van der Waals surface area contributed by atoms with Gasteiger partial charge in [0.1, 0.15) is 0 Å². The Bertz CT molecular complexity index is 432. The Labute approximate surface area is 103 Å². The van der Waals surface area contributed by atoms with Gasteiger partial charge in [-0.1, -0.05) is 18.2 Å². The molecule has 0 aliphatic carbocycles. The van der Waals surface area contributed by atoms with Crippen LogP contribution in [0.4, 0.5) is 0 Å². The van der Waals surface area contributed by atoms with Crippen LogP contribution in [-0.2, 0) is 0 Å². The Morgan fingerprint density at radius 2 is 1.82 bits per heavy atom. The molecule has 1 aromatic rings. The van der Waals surface area contributed by atoms with Gasteiger partial charge in [-0.2, -0.15) is 0 Å². The molecule has 1 rings (SSSR count). The summed E-state index contributed by atoms with van der Waals surface area (Å²) in [6, 6.07) is 8.61. The summed E-state index contributed by atoms with van der Waals surface area (Å²) in [6.45, 7) is 0. The predicted molar refractivity (Wildman–Crippen MR) is 68.6 cm³/mol. The van der Waals surface area contributed by atoms with Crippen molar-refractivity contribution in [2.45, 2.75) is 0 Å². The molecule has 1 amide bonds. The van der Waals surface area contributed by atoms with Crippen LogP contribution in [-0.4, -0.2) is 17.0 Å². The lowest BCUT2D eigenvalue weighted by Gasteiger charge is -2.06. The number of nitrogens with one attached hydrogen (secondary N) is 3. The third kappa shape index (κ3) is 4.80. The van der Waals surface area contributed by atoms with E-state index in [2.05, 4.69) is 33.6 Å². The number of carbonyl (C=O) groups is 1. The first-order valence-corrected chi connectivity index (χ1v) is 5.00. The van der Waals surface area contributed by atoms with Crippen molar-refractivity contribution in [1.82, 2.24) is 16.3 Å². The summed E-state index contributed by atoms with van der Waals surface area (Å²) in [5.41, 5.74) is 18.0. The van der Waals surface area contributed by atoms with Gasteiger partial charge in [0.15, 0.2) is 5.11 Å². The minimum Gasteiger partial charge on any atom is -0.375 e. The van der Waals surface area contributed by atoms with E-state index < -0.39 is 0 Å². The van der Waals surface area contributed by atoms with Crippen molar-refractivity contribution >= 4 is 29.2 Å². The lowest BCUT2D eigenvalue weighted by atomic mass is 10.2. The molecule has 90 valence electrons. The normalized spacial score (nSPS) is 10.5. The number of rotatable bonds is 2. The number of hydrogen-bond donors (Lipinski definition) is 5. The Kier molecular flexibility index (Phi) is 4.70. The molecule has 0 radical (unpaired) electrons. The molecule has 0 fully saturated rings. The largest absolute Gasteiger partial charge is 0.375 e. The summed E-state index contributed by atoms with van der Waals surface area (Å²) in [7, 11) is 0. The SMILES string of the molecule is NC(=S)NN/C(N)=N/NC(=O)c1ccccc1. The van der Waals surface area contributed by atoms with E-state index in [0.717, 1.165) is 0 Å². The number of nitrogens with zero attached hydrogens (tertiary/aromatic N) is 1. The zero-order chi connectivity index (χ0) is 12.7. The second-order valence-corrected chi connectivity index (χ2v) is 3.36.